The van der Waals surface area contributed by atoms with Gasteiger partial charge in [0.25, 0.3) is 15.9 Å². The van der Waals surface area contributed by atoms with E-state index < -0.39 is 22.7 Å². The van der Waals surface area contributed by atoms with E-state index in [1.54, 1.807) is 6.92 Å². The number of methoxy groups -OCH3 is 1. The summed E-state index contributed by atoms with van der Waals surface area (Å²) < 4.78 is 36.0. The highest BCUT2D eigenvalue weighted by Crippen LogP contribution is 2.34. The minimum Gasteiger partial charge on any atom is -0.477 e. The van der Waals surface area contributed by atoms with E-state index >= 15 is 0 Å². The van der Waals surface area contributed by atoms with Crippen LogP contribution in [0.3, 0.4) is 0 Å². The normalized spacial score (nSPS) is 11.1. The van der Waals surface area contributed by atoms with E-state index in [0.717, 1.165) is 15.6 Å². The molecule has 8 nitrogen and oxygen atoms in total. The van der Waals surface area contributed by atoms with Crippen LogP contribution >= 0.6 is 35.3 Å². The van der Waals surface area contributed by atoms with Crippen molar-refractivity contribution in [3.63, 3.8) is 0 Å². The number of ether oxygens (including phenoxy) is 1. The quantitative estimate of drug-likeness (QED) is 0.739. The van der Waals surface area contributed by atoms with Gasteiger partial charge in [-0.05, 0) is 18.4 Å². The lowest BCUT2D eigenvalue weighted by Gasteiger charge is -2.20. The fourth-order valence-corrected chi connectivity index (χ4v) is 4.41. The van der Waals surface area contributed by atoms with Crippen molar-refractivity contribution in [1.29, 1.82) is 0 Å². The number of halogens is 2. The molecule has 0 saturated heterocycles. The summed E-state index contributed by atoms with van der Waals surface area (Å²) in [4.78, 5) is 10.5. The molecule has 0 saturated carbocycles. The molecule has 2 aromatic heterocycles. The molecule has 0 aliphatic carbocycles. The standard InChI is InChI=1S/C11H11ClN2O6S2.ClH/c1-6-8(12)10(20-13-6)14(5-19-2)22(17,18)7-3-4-21-9(7)11(15)16;/h3-4H,5H2,1-2H3,(H,15,16);1H. The number of hydrogen-bond acceptors (Lipinski definition) is 7. The number of thiophene rings is 1. The Balaban J connectivity index is 0.00000264. The highest BCUT2D eigenvalue weighted by molar-refractivity contribution is 7.93. The lowest BCUT2D eigenvalue weighted by molar-refractivity contribution is 0.0698. The third kappa shape index (κ3) is 3.61. The molecular formula is C11H12Cl2N2O6S2. The number of aryl methyl sites for hydroxylation is 1. The molecule has 23 heavy (non-hydrogen) atoms. The maximum Gasteiger partial charge on any atom is 0.347 e. The van der Waals surface area contributed by atoms with Crippen LogP contribution in [0.15, 0.2) is 20.9 Å². The van der Waals surface area contributed by atoms with Gasteiger partial charge in [0.2, 0.25) is 0 Å². The van der Waals surface area contributed by atoms with E-state index in [-0.39, 0.29) is 33.1 Å². The first-order valence-electron chi connectivity index (χ1n) is 5.75. The lowest BCUT2D eigenvalue weighted by atomic mass is 10.5. The van der Waals surface area contributed by atoms with Gasteiger partial charge in [0.1, 0.15) is 27.2 Å². The van der Waals surface area contributed by atoms with E-state index in [4.69, 9.17) is 26.0 Å². The summed E-state index contributed by atoms with van der Waals surface area (Å²) in [5, 5.41) is 14.1. The summed E-state index contributed by atoms with van der Waals surface area (Å²) in [6, 6.07) is 1.20. The number of hydrogen-bond donors (Lipinski definition) is 1. The van der Waals surface area contributed by atoms with Crippen molar-refractivity contribution in [2.24, 2.45) is 0 Å². The Morgan fingerprint density at radius 3 is 2.70 bits per heavy atom. The highest BCUT2D eigenvalue weighted by Gasteiger charge is 2.34. The molecule has 0 radical (unpaired) electrons. The molecule has 128 valence electrons. The van der Waals surface area contributed by atoms with Crippen LogP contribution in [0.1, 0.15) is 15.4 Å². The van der Waals surface area contributed by atoms with Crippen LogP contribution in [0, 0.1) is 6.92 Å². The van der Waals surface area contributed by atoms with E-state index in [2.05, 4.69) is 5.16 Å². The molecule has 2 aromatic rings. The summed E-state index contributed by atoms with van der Waals surface area (Å²) in [5.41, 5.74) is 0.303. The number of carboxylic acid groups (broad SMARTS) is 1. The zero-order valence-corrected chi connectivity index (χ0v) is 15.1. The van der Waals surface area contributed by atoms with Crippen molar-refractivity contribution in [3.05, 3.63) is 27.0 Å². The van der Waals surface area contributed by atoms with Crippen molar-refractivity contribution >= 4 is 57.2 Å². The van der Waals surface area contributed by atoms with Crippen LogP contribution in [-0.2, 0) is 14.8 Å². The average Bonchev–Trinajstić information content (AvgIpc) is 3.06. The van der Waals surface area contributed by atoms with E-state index in [1.165, 1.54) is 18.6 Å². The Labute approximate surface area is 147 Å². The molecule has 0 unspecified atom stereocenters. The van der Waals surface area contributed by atoms with Gasteiger partial charge in [0, 0.05) is 7.11 Å². The lowest BCUT2D eigenvalue weighted by Crippen LogP contribution is -2.33. The van der Waals surface area contributed by atoms with Crippen molar-refractivity contribution in [3.8, 4) is 0 Å². The average molecular weight is 403 g/mol. The van der Waals surface area contributed by atoms with E-state index in [0.29, 0.717) is 5.69 Å². The molecular weight excluding hydrogens is 391 g/mol. The van der Waals surface area contributed by atoms with Crippen molar-refractivity contribution in [1.82, 2.24) is 5.16 Å². The molecule has 0 aliphatic heterocycles. The minimum absolute atomic E-state index is 0. The fraction of sp³-hybridized carbons (Fsp3) is 0.273. The Morgan fingerprint density at radius 1 is 1.57 bits per heavy atom. The molecule has 0 aromatic carbocycles. The number of aromatic carboxylic acids is 1. The molecule has 1 N–H and O–H groups in total. The monoisotopic (exact) mass is 402 g/mol. The number of anilines is 1. The topological polar surface area (TPSA) is 110 Å². The second-order valence-corrected chi connectivity index (χ2v) is 7.20. The van der Waals surface area contributed by atoms with Crippen molar-refractivity contribution < 1.29 is 27.6 Å². The van der Waals surface area contributed by atoms with Gasteiger partial charge in [-0.1, -0.05) is 16.8 Å². The van der Waals surface area contributed by atoms with Crippen LogP contribution in [0.2, 0.25) is 5.02 Å². The molecule has 0 atom stereocenters. The zero-order chi connectivity index (χ0) is 16.5. The van der Waals surface area contributed by atoms with Crippen LogP contribution in [0.4, 0.5) is 5.88 Å². The second kappa shape index (κ2) is 7.49. The summed E-state index contributed by atoms with van der Waals surface area (Å²) in [7, 11) is -2.95. The Bertz CT molecular complexity index is 801. The molecule has 0 amide bonds. The Kier molecular flexibility index (Phi) is 6.42. The van der Waals surface area contributed by atoms with Gasteiger partial charge in [-0.3, -0.25) is 0 Å². The first kappa shape index (κ1) is 19.7. The van der Waals surface area contributed by atoms with Crippen LogP contribution in [-0.4, -0.2) is 38.5 Å². The van der Waals surface area contributed by atoms with Gasteiger partial charge in [0.05, 0.1) is 0 Å². The summed E-state index contributed by atoms with van der Waals surface area (Å²) in [6.07, 6.45) is 0. The first-order valence-corrected chi connectivity index (χ1v) is 8.44. The van der Waals surface area contributed by atoms with Crippen molar-refractivity contribution in [2.45, 2.75) is 11.8 Å². The Morgan fingerprint density at radius 2 is 2.22 bits per heavy atom. The predicted octanol–water partition coefficient (Wildman–Crippen LogP) is 2.62. The molecule has 0 bridgehead atoms. The first-order chi connectivity index (χ1) is 10.3. The zero-order valence-electron chi connectivity index (χ0n) is 11.8. The number of rotatable bonds is 6. The number of carbonyl (C=O) groups is 1. The predicted molar refractivity (Wildman–Crippen MR) is 86.3 cm³/mol. The van der Waals surface area contributed by atoms with Crippen molar-refractivity contribution in [2.75, 3.05) is 18.1 Å². The van der Waals surface area contributed by atoms with Gasteiger partial charge >= 0.3 is 5.97 Å². The van der Waals surface area contributed by atoms with Crippen LogP contribution in [0.5, 0.6) is 0 Å². The third-order valence-electron chi connectivity index (χ3n) is 2.64. The second-order valence-electron chi connectivity index (χ2n) is 4.08. The summed E-state index contributed by atoms with van der Waals surface area (Å²) in [5.74, 6) is -1.57. The molecule has 0 fully saturated rings. The molecule has 0 spiro atoms. The summed E-state index contributed by atoms with van der Waals surface area (Å²) in [6.45, 7) is 1.13. The number of nitrogens with zero attached hydrogens (tertiary/aromatic N) is 2. The Hall–Kier alpha value is -1.33. The van der Waals surface area contributed by atoms with Gasteiger partial charge < -0.3 is 14.4 Å². The van der Waals surface area contributed by atoms with Crippen LogP contribution < -0.4 is 4.31 Å². The van der Waals surface area contributed by atoms with Gasteiger partial charge in [0.15, 0.2) is 0 Å². The molecule has 2 rings (SSSR count). The number of carboxylic acids is 1. The molecule has 12 heteroatoms. The summed E-state index contributed by atoms with van der Waals surface area (Å²) >= 11 is 6.78. The number of sulfonamides is 1. The largest absolute Gasteiger partial charge is 0.477 e. The van der Waals surface area contributed by atoms with Crippen LogP contribution in [0.25, 0.3) is 0 Å². The maximum absolute atomic E-state index is 12.7. The van der Waals surface area contributed by atoms with E-state index in [1.807, 2.05) is 0 Å². The number of aromatic nitrogens is 1. The van der Waals surface area contributed by atoms with Gasteiger partial charge in [-0.25, -0.2) is 17.5 Å². The smallest absolute Gasteiger partial charge is 0.347 e. The highest BCUT2D eigenvalue weighted by atomic mass is 35.5. The molecule has 2 heterocycles. The SMILES string of the molecule is COCN(c1onc(C)c1Cl)S(=O)(=O)c1ccsc1C(=O)O.Cl. The minimum atomic E-state index is -4.24. The third-order valence-corrected chi connectivity index (χ3v) is 5.85. The fourth-order valence-electron chi connectivity index (χ4n) is 1.63. The van der Waals surface area contributed by atoms with Gasteiger partial charge in [-0.15, -0.1) is 23.7 Å². The van der Waals surface area contributed by atoms with Gasteiger partial charge in [-0.2, -0.15) is 0 Å². The maximum atomic E-state index is 12.7. The molecule has 0 aliphatic rings. The van der Waals surface area contributed by atoms with E-state index in [9.17, 15) is 13.2 Å².